The highest BCUT2D eigenvalue weighted by Crippen LogP contribution is 2.35. The van der Waals surface area contributed by atoms with E-state index in [1.807, 2.05) is 6.20 Å². The third-order valence-electron chi connectivity index (χ3n) is 4.29. The maximum absolute atomic E-state index is 12.5. The number of rotatable bonds is 3. The first-order valence-electron chi connectivity index (χ1n) is 7.43. The van der Waals surface area contributed by atoms with Gasteiger partial charge in [0.1, 0.15) is 6.33 Å². The van der Waals surface area contributed by atoms with Crippen LogP contribution in [0.3, 0.4) is 0 Å². The number of pyridine rings is 1. The van der Waals surface area contributed by atoms with Gasteiger partial charge >= 0.3 is 0 Å². The van der Waals surface area contributed by atoms with Gasteiger partial charge in [-0.15, -0.1) is 11.3 Å². The molecule has 1 fully saturated rings. The Kier molecular flexibility index (Phi) is 4.03. The Morgan fingerprint density at radius 3 is 2.79 bits per heavy atom. The molecule has 4 heterocycles. The lowest BCUT2D eigenvalue weighted by Gasteiger charge is -2.31. The molecule has 0 saturated carbocycles. The predicted octanol–water partition coefficient (Wildman–Crippen LogP) is 2.41. The van der Waals surface area contributed by atoms with Gasteiger partial charge in [0, 0.05) is 30.4 Å². The largest absolute Gasteiger partial charge is 0.254 e. The van der Waals surface area contributed by atoms with Crippen LogP contribution in [0, 0.1) is 0 Å². The molecule has 1 aliphatic heterocycles. The highest BCUT2D eigenvalue weighted by molar-refractivity contribution is 7.91. The smallest absolute Gasteiger partial charge is 0.252 e. The number of nitrogens with zero attached hydrogens (tertiary/aromatic N) is 5. The molecule has 0 atom stereocenters. The summed E-state index contributed by atoms with van der Waals surface area (Å²) >= 11 is 7.53. The first kappa shape index (κ1) is 15.9. The maximum atomic E-state index is 12.5. The normalized spacial score (nSPS) is 17.5. The number of sulfonamides is 1. The summed E-state index contributed by atoms with van der Waals surface area (Å²) in [4.78, 5) is 7.97. The molecule has 0 unspecified atom stereocenters. The second kappa shape index (κ2) is 6.07. The van der Waals surface area contributed by atoms with Crippen LogP contribution in [-0.4, -0.2) is 45.4 Å². The van der Waals surface area contributed by atoms with Crippen molar-refractivity contribution in [3.63, 3.8) is 0 Å². The molecule has 10 heteroatoms. The molecule has 1 saturated heterocycles. The Balaban J connectivity index is 1.54. The van der Waals surface area contributed by atoms with E-state index in [1.165, 1.54) is 22.3 Å². The Morgan fingerprint density at radius 1 is 1.29 bits per heavy atom. The minimum atomic E-state index is -3.43. The van der Waals surface area contributed by atoms with E-state index in [1.54, 1.807) is 10.6 Å². The quantitative estimate of drug-likeness (QED) is 0.693. The van der Waals surface area contributed by atoms with E-state index >= 15 is 0 Å². The van der Waals surface area contributed by atoms with E-state index < -0.39 is 10.0 Å². The Morgan fingerprint density at radius 2 is 2.08 bits per heavy atom. The van der Waals surface area contributed by atoms with Crippen LogP contribution in [0.4, 0.5) is 0 Å². The van der Waals surface area contributed by atoms with Crippen molar-refractivity contribution in [2.45, 2.75) is 23.0 Å². The fourth-order valence-electron chi connectivity index (χ4n) is 3.02. The van der Waals surface area contributed by atoms with Crippen LogP contribution in [-0.2, 0) is 10.0 Å². The Labute approximate surface area is 148 Å². The second-order valence-electron chi connectivity index (χ2n) is 5.64. The number of piperidine rings is 1. The summed E-state index contributed by atoms with van der Waals surface area (Å²) in [7, 11) is -3.43. The minimum Gasteiger partial charge on any atom is -0.252 e. The molecule has 0 aliphatic carbocycles. The van der Waals surface area contributed by atoms with Crippen molar-refractivity contribution >= 4 is 38.6 Å². The number of fused-ring (bicyclic) bond motifs is 1. The first-order valence-corrected chi connectivity index (χ1v) is 10.1. The molecular weight excluding hydrogens is 370 g/mol. The Bertz CT molecular complexity index is 962. The number of thiazole rings is 1. The number of hydrogen-bond donors (Lipinski definition) is 0. The van der Waals surface area contributed by atoms with Crippen molar-refractivity contribution in [2.75, 3.05) is 13.1 Å². The molecule has 1 aliphatic rings. The van der Waals surface area contributed by atoms with Crippen LogP contribution in [0.5, 0.6) is 0 Å². The topological polar surface area (TPSA) is 80.5 Å². The molecule has 3 aromatic rings. The van der Waals surface area contributed by atoms with Gasteiger partial charge in [0.2, 0.25) is 0 Å². The zero-order chi connectivity index (χ0) is 16.7. The molecule has 0 aromatic carbocycles. The van der Waals surface area contributed by atoms with Crippen LogP contribution < -0.4 is 0 Å². The van der Waals surface area contributed by atoms with E-state index in [0.29, 0.717) is 28.0 Å². The number of hydrogen-bond acceptors (Lipinski definition) is 6. The highest BCUT2D eigenvalue weighted by atomic mass is 35.5. The van der Waals surface area contributed by atoms with Crippen molar-refractivity contribution < 1.29 is 8.42 Å². The standard InChI is InChI=1S/C14H14ClN5O2S2/c15-12-5-13-17-8-18-20(13)7-11(12)10-1-3-19(4-2-10)24(21,22)14-6-16-9-23-14/h5-10H,1-4H2. The van der Waals surface area contributed by atoms with Crippen LogP contribution >= 0.6 is 22.9 Å². The zero-order valence-corrected chi connectivity index (χ0v) is 14.9. The van der Waals surface area contributed by atoms with E-state index in [0.717, 1.165) is 29.7 Å². The van der Waals surface area contributed by atoms with Crippen molar-refractivity contribution in [3.05, 3.63) is 40.9 Å². The zero-order valence-electron chi connectivity index (χ0n) is 12.5. The minimum absolute atomic E-state index is 0.207. The van der Waals surface area contributed by atoms with Crippen LogP contribution in [0.15, 0.2) is 34.5 Å². The van der Waals surface area contributed by atoms with Gasteiger partial charge in [0.05, 0.1) is 11.7 Å². The van der Waals surface area contributed by atoms with Gasteiger partial charge in [0.25, 0.3) is 10.0 Å². The summed E-state index contributed by atoms with van der Waals surface area (Å²) in [6, 6.07) is 1.80. The summed E-state index contributed by atoms with van der Waals surface area (Å²) in [5.41, 5.74) is 3.23. The van der Waals surface area contributed by atoms with Gasteiger partial charge in [-0.1, -0.05) is 11.6 Å². The molecule has 0 amide bonds. The monoisotopic (exact) mass is 383 g/mol. The van der Waals surface area contributed by atoms with Gasteiger partial charge in [-0.2, -0.15) is 9.40 Å². The summed E-state index contributed by atoms with van der Waals surface area (Å²) in [6.45, 7) is 0.938. The summed E-state index contributed by atoms with van der Waals surface area (Å²) in [5, 5.41) is 4.79. The van der Waals surface area contributed by atoms with Crippen LogP contribution in [0.1, 0.15) is 24.3 Å². The summed E-state index contributed by atoms with van der Waals surface area (Å²) in [5.74, 6) is 0.207. The van der Waals surface area contributed by atoms with Crippen molar-refractivity contribution in [1.29, 1.82) is 0 Å². The Hall–Kier alpha value is -1.55. The third kappa shape index (κ3) is 2.71. The average molecular weight is 384 g/mol. The molecular formula is C14H14ClN5O2S2. The van der Waals surface area contributed by atoms with E-state index in [-0.39, 0.29) is 5.92 Å². The summed E-state index contributed by atoms with van der Waals surface area (Å²) < 4.78 is 28.6. The van der Waals surface area contributed by atoms with Crippen molar-refractivity contribution in [2.24, 2.45) is 0 Å². The molecule has 0 spiro atoms. The fourth-order valence-corrected chi connectivity index (χ4v) is 5.74. The van der Waals surface area contributed by atoms with Gasteiger partial charge in [-0.05, 0) is 24.3 Å². The van der Waals surface area contributed by atoms with E-state index in [2.05, 4.69) is 15.1 Å². The van der Waals surface area contributed by atoms with E-state index in [9.17, 15) is 8.42 Å². The van der Waals surface area contributed by atoms with Crippen LogP contribution in [0.2, 0.25) is 5.02 Å². The molecule has 7 nitrogen and oxygen atoms in total. The molecule has 0 N–H and O–H groups in total. The molecule has 3 aromatic heterocycles. The first-order chi connectivity index (χ1) is 11.6. The van der Waals surface area contributed by atoms with Crippen LogP contribution in [0.25, 0.3) is 5.65 Å². The number of halogens is 1. The lowest BCUT2D eigenvalue weighted by Crippen LogP contribution is -2.37. The third-order valence-corrected chi connectivity index (χ3v) is 7.76. The van der Waals surface area contributed by atoms with E-state index in [4.69, 9.17) is 11.6 Å². The maximum Gasteiger partial charge on any atom is 0.254 e. The van der Waals surface area contributed by atoms with Gasteiger partial charge in [-0.3, -0.25) is 4.98 Å². The highest BCUT2D eigenvalue weighted by Gasteiger charge is 2.31. The predicted molar refractivity (Wildman–Crippen MR) is 90.8 cm³/mol. The molecule has 0 bridgehead atoms. The van der Waals surface area contributed by atoms with Gasteiger partial charge in [-0.25, -0.2) is 17.9 Å². The molecule has 0 radical (unpaired) electrons. The second-order valence-corrected chi connectivity index (χ2v) is 9.10. The molecule has 24 heavy (non-hydrogen) atoms. The lowest BCUT2D eigenvalue weighted by atomic mass is 9.91. The SMILES string of the molecule is O=S(=O)(c1cncs1)N1CCC(c2cn3ncnc3cc2Cl)CC1. The average Bonchev–Trinajstić information content (AvgIpc) is 3.26. The summed E-state index contributed by atoms with van der Waals surface area (Å²) in [6.07, 6.45) is 6.22. The fraction of sp³-hybridized carbons (Fsp3) is 0.357. The van der Waals surface area contributed by atoms with Crippen molar-refractivity contribution in [3.8, 4) is 0 Å². The number of aromatic nitrogens is 4. The molecule has 126 valence electrons. The van der Waals surface area contributed by atoms with Gasteiger partial charge in [0.15, 0.2) is 9.86 Å². The van der Waals surface area contributed by atoms with Gasteiger partial charge < -0.3 is 0 Å². The molecule has 4 rings (SSSR count). The van der Waals surface area contributed by atoms with Crippen molar-refractivity contribution in [1.82, 2.24) is 23.9 Å². The lowest BCUT2D eigenvalue weighted by molar-refractivity contribution is 0.319.